The zero-order valence-electron chi connectivity index (χ0n) is 8.76. The molecule has 0 atom stereocenters. The van der Waals surface area contributed by atoms with Crippen molar-refractivity contribution < 1.29 is 18.3 Å². The number of esters is 1. The van der Waals surface area contributed by atoms with Gasteiger partial charge in [0.1, 0.15) is 9.26 Å². The van der Waals surface area contributed by atoms with Crippen LogP contribution in [0, 0.1) is 10.6 Å². The summed E-state index contributed by atoms with van der Waals surface area (Å²) in [5, 5.41) is 0. The van der Waals surface area contributed by atoms with Gasteiger partial charge in [-0.1, -0.05) is 0 Å². The lowest BCUT2D eigenvalue weighted by molar-refractivity contribution is 0.0513. The Bertz CT molecular complexity index is 410. The molecule has 16 heavy (non-hydrogen) atoms. The minimum atomic E-state index is -2.71. The van der Waals surface area contributed by atoms with E-state index in [1.54, 1.807) is 29.5 Å². The van der Waals surface area contributed by atoms with Gasteiger partial charge in [0.05, 0.1) is 6.61 Å². The van der Waals surface area contributed by atoms with Crippen molar-refractivity contribution in [2.24, 2.45) is 0 Å². The number of nitrogens with zero attached hydrogens (tertiary/aromatic N) is 1. The number of pyridine rings is 1. The first-order valence-corrected chi connectivity index (χ1v) is 5.67. The first kappa shape index (κ1) is 13.3. The van der Waals surface area contributed by atoms with Crippen LogP contribution in [-0.2, 0) is 4.74 Å². The summed E-state index contributed by atoms with van der Waals surface area (Å²) in [7, 11) is 0. The molecule has 0 aromatic carbocycles. The fourth-order valence-corrected chi connectivity index (χ4v) is 1.92. The number of carbonyl (C=O) groups excluding carboxylic acids is 1. The molecule has 0 radical (unpaired) electrons. The molecule has 0 aliphatic carbocycles. The van der Waals surface area contributed by atoms with Crippen LogP contribution in [0.25, 0.3) is 0 Å². The molecule has 0 aliphatic heterocycles. The fraction of sp³-hybridized carbons (Fsp3) is 0.400. The Kier molecular flexibility index (Phi) is 4.57. The SMILES string of the molecule is CCOC(=O)c1c(I)ncc(C)c1C(F)F. The number of aromatic nitrogens is 1. The second kappa shape index (κ2) is 5.51. The number of carbonyl (C=O) groups is 1. The summed E-state index contributed by atoms with van der Waals surface area (Å²) in [4.78, 5) is 15.4. The molecule has 0 N–H and O–H groups in total. The van der Waals surface area contributed by atoms with E-state index < -0.39 is 12.4 Å². The maximum Gasteiger partial charge on any atom is 0.341 e. The molecule has 1 aromatic heterocycles. The van der Waals surface area contributed by atoms with E-state index in [2.05, 4.69) is 4.98 Å². The standard InChI is InChI=1S/C10H10F2INO2/c1-3-16-10(15)7-6(8(11)12)5(2)4-14-9(7)13/h4,8H,3H2,1-2H3. The van der Waals surface area contributed by atoms with E-state index in [0.29, 0.717) is 5.56 Å². The summed E-state index contributed by atoms with van der Waals surface area (Å²) < 4.78 is 30.6. The number of ether oxygens (including phenoxy) is 1. The van der Waals surface area contributed by atoms with Gasteiger partial charge < -0.3 is 4.74 Å². The topological polar surface area (TPSA) is 39.2 Å². The van der Waals surface area contributed by atoms with Gasteiger partial charge >= 0.3 is 5.97 Å². The van der Waals surface area contributed by atoms with E-state index in [4.69, 9.17) is 4.74 Å². The molecule has 1 heterocycles. The number of hydrogen-bond donors (Lipinski definition) is 0. The molecular weight excluding hydrogens is 331 g/mol. The van der Waals surface area contributed by atoms with Crippen LogP contribution in [-0.4, -0.2) is 17.6 Å². The smallest absolute Gasteiger partial charge is 0.341 e. The molecule has 0 fully saturated rings. The third kappa shape index (κ3) is 2.66. The van der Waals surface area contributed by atoms with Gasteiger partial charge in [-0.3, -0.25) is 0 Å². The van der Waals surface area contributed by atoms with Crippen molar-refractivity contribution in [1.82, 2.24) is 4.98 Å². The van der Waals surface area contributed by atoms with Crippen LogP contribution in [0.5, 0.6) is 0 Å². The van der Waals surface area contributed by atoms with Crippen molar-refractivity contribution in [1.29, 1.82) is 0 Å². The van der Waals surface area contributed by atoms with Crippen molar-refractivity contribution in [2.75, 3.05) is 6.61 Å². The predicted molar refractivity (Wildman–Crippen MR) is 62.6 cm³/mol. The Morgan fingerprint density at radius 2 is 2.25 bits per heavy atom. The van der Waals surface area contributed by atoms with Crippen LogP contribution in [0.15, 0.2) is 6.20 Å². The molecule has 0 aliphatic rings. The van der Waals surface area contributed by atoms with E-state index >= 15 is 0 Å². The van der Waals surface area contributed by atoms with Crippen LogP contribution in [0.4, 0.5) is 8.78 Å². The third-order valence-corrected chi connectivity index (χ3v) is 2.79. The average Bonchev–Trinajstić information content (AvgIpc) is 2.20. The molecule has 0 saturated carbocycles. The molecule has 1 aromatic rings. The monoisotopic (exact) mass is 341 g/mol. The molecule has 0 saturated heterocycles. The van der Waals surface area contributed by atoms with Crippen molar-refractivity contribution >= 4 is 28.6 Å². The van der Waals surface area contributed by atoms with Gasteiger partial charge in [-0.2, -0.15) is 0 Å². The van der Waals surface area contributed by atoms with Crippen LogP contribution in [0.2, 0.25) is 0 Å². The van der Waals surface area contributed by atoms with E-state index in [-0.39, 0.29) is 21.4 Å². The third-order valence-electron chi connectivity index (χ3n) is 1.97. The Hall–Kier alpha value is -0.790. The average molecular weight is 341 g/mol. The summed E-state index contributed by atoms with van der Waals surface area (Å²) >= 11 is 1.75. The van der Waals surface area contributed by atoms with Gasteiger partial charge in [0.2, 0.25) is 0 Å². The van der Waals surface area contributed by atoms with E-state index in [1.165, 1.54) is 13.1 Å². The van der Waals surface area contributed by atoms with E-state index in [1.807, 2.05) is 0 Å². The van der Waals surface area contributed by atoms with Crippen molar-refractivity contribution in [2.45, 2.75) is 20.3 Å². The summed E-state index contributed by atoms with van der Waals surface area (Å²) in [5.74, 6) is -0.751. The lowest BCUT2D eigenvalue weighted by Crippen LogP contribution is -2.13. The Morgan fingerprint density at radius 3 is 2.75 bits per heavy atom. The number of rotatable bonds is 3. The van der Waals surface area contributed by atoms with Gasteiger partial charge in [0.15, 0.2) is 0 Å². The number of aryl methyl sites for hydroxylation is 1. The highest BCUT2D eigenvalue weighted by atomic mass is 127. The number of alkyl halides is 2. The van der Waals surface area contributed by atoms with Gasteiger partial charge in [-0.05, 0) is 42.0 Å². The molecule has 88 valence electrons. The largest absolute Gasteiger partial charge is 0.462 e. The highest BCUT2D eigenvalue weighted by Crippen LogP contribution is 2.29. The summed E-state index contributed by atoms with van der Waals surface area (Å²) in [5.41, 5.74) is -0.131. The second-order valence-corrected chi connectivity index (χ2v) is 4.06. The Balaban J connectivity index is 3.34. The predicted octanol–water partition coefficient (Wildman–Crippen LogP) is 3.11. The Labute approximate surface area is 105 Å². The summed E-state index contributed by atoms with van der Waals surface area (Å²) in [6.45, 7) is 3.26. The van der Waals surface area contributed by atoms with Crippen LogP contribution in [0.3, 0.4) is 0 Å². The minimum Gasteiger partial charge on any atom is -0.462 e. The van der Waals surface area contributed by atoms with Crippen molar-refractivity contribution in [3.05, 3.63) is 26.6 Å². The second-order valence-electron chi connectivity index (χ2n) is 3.04. The Morgan fingerprint density at radius 1 is 1.62 bits per heavy atom. The highest BCUT2D eigenvalue weighted by Gasteiger charge is 2.25. The lowest BCUT2D eigenvalue weighted by atomic mass is 10.1. The van der Waals surface area contributed by atoms with Crippen LogP contribution < -0.4 is 0 Å². The number of hydrogen-bond acceptors (Lipinski definition) is 3. The molecule has 0 unspecified atom stereocenters. The first-order chi connectivity index (χ1) is 7.49. The molecule has 0 spiro atoms. The van der Waals surface area contributed by atoms with Gasteiger partial charge in [-0.25, -0.2) is 18.6 Å². The normalized spacial score (nSPS) is 10.6. The van der Waals surface area contributed by atoms with E-state index in [9.17, 15) is 13.6 Å². The maximum atomic E-state index is 12.8. The molecule has 1 rings (SSSR count). The van der Waals surface area contributed by atoms with Gasteiger partial charge in [0.25, 0.3) is 6.43 Å². The van der Waals surface area contributed by atoms with Crippen molar-refractivity contribution in [3.63, 3.8) is 0 Å². The zero-order valence-corrected chi connectivity index (χ0v) is 10.9. The van der Waals surface area contributed by atoms with Crippen LogP contribution >= 0.6 is 22.6 Å². The summed E-state index contributed by atoms with van der Waals surface area (Å²) in [6, 6.07) is 0. The van der Waals surface area contributed by atoms with Gasteiger partial charge in [0, 0.05) is 11.8 Å². The number of halogens is 3. The first-order valence-electron chi connectivity index (χ1n) is 4.59. The molecule has 0 amide bonds. The fourth-order valence-electron chi connectivity index (χ4n) is 1.27. The maximum absolute atomic E-state index is 12.8. The highest BCUT2D eigenvalue weighted by molar-refractivity contribution is 14.1. The molecule has 3 nitrogen and oxygen atoms in total. The minimum absolute atomic E-state index is 0.127. The quantitative estimate of drug-likeness (QED) is 0.482. The molecular formula is C10H10F2INO2. The molecule has 6 heteroatoms. The molecule has 0 bridgehead atoms. The zero-order chi connectivity index (χ0) is 12.3. The van der Waals surface area contributed by atoms with Gasteiger partial charge in [-0.15, -0.1) is 0 Å². The van der Waals surface area contributed by atoms with Crippen LogP contribution in [0.1, 0.15) is 34.8 Å². The van der Waals surface area contributed by atoms with Crippen molar-refractivity contribution in [3.8, 4) is 0 Å². The van der Waals surface area contributed by atoms with E-state index in [0.717, 1.165) is 0 Å². The summed E-state index contributed by atoms with van der Waals surface area (Å²) in [6.07, 6.45) is -1.39. The lowest BCUT2D eigenvalue weighted by Gasteiger charge is -2.11.